The summed E-state index contributed by atoms with van der Waals surface area (Å²) in [5.41, 5.74) is 6.08. The molecule has 202 valence electrons. The van der Waals surface area contributed by atoms with Crippen LogP contribution in [0.3, 0.4) is 0 Å². The highest BCUT2D eigenvalue weighted by atomic mass is 35.5. The third kappa shape index (κ3) is 6.27. The highest BCUT2D eigenvalue weighted by Gasteiger charge is 2.29. The van der Waals surface area contributed by atoms with Crippen LogP contribution in [-0.4, -0.2) is 38.8 Å². The number of anilines is 1. The van der Waals surface area contributed by atoms with E-state index >= 15 is 0 Å². The number of methoxy groups -OCH3 is 1. The number of amides is 1. The van der Waals surface area contributed by atoms with Crippen molar-refractivity contribution >= 4 is 51.0 Å². The SMILES string of the molecule is COc1ccc(Cl)cc1N(CC(=O)N/N=C\c1cc(C)n(-c2cccc(Cl)c2)c1C)S(=O)(=O)c1ccccc1. The van der Waals surface area contributed by atoms with Crippen LogP contribution in [0.25, 0.3) is 5.69 Å². The molecule has 0 fully saturated rings. The van der Waals surface area contributed by atoms with E-state index in [1.54, 1.807) is 30.3 Å². The van der Waals surface area contributed by atoms with Gasteiger partial charge in [0.05, 0.1) is 23.9 Å². The first-order chi connectivity index (χ1) is 18.6. The number of hydrogen-bond donors (Lipinski definition) is 1. The molecular formula is C28H26Cl2N4O4S. The lowest BCUT2D eigenvalue weighted by Gasteiger charge is -2.25. The summed E-state index contributed by atoms with van der Waals surface area (Å²) < 4.78 is 35.5. The van der Waals surface area contributed by atoms with Crippen LogP contribution in [0.2, 0.25) is 10.0 Å². The number of sulfonamides is 1. The molecule has 39 heavy (non-hydrogen) atoms. The normalized spacial score (nSPS) is 11.5. The molecule has 0 saturated heterocycles. The van der Waals surface area contributed by atoms with Crippen LogP contribution >= 0.6 is 23.2 Å². The van der Waals surface area contributed by atoms with E-state index in [2.05, 4.69) is 10.5 Å². The first kappa shape index (κ1) is 28.2. The molecule has 0 radical (unpaired) electrons. The number of nitrogens with one attached hydrogen (secondary N) is 1. The first-order valence-corrected chi connectivity index (χ1v) is 14.0. The average Bonchev–Trinajstić information content (AvgIpc) is 3.20. The molecule has 0 spiro atoms. The Hall–Kier alpha value is -3.79. The molecule has 0 aliphatic rings. The van der Waals surface area contributed by atoms with Crippen molar-refractivity contribution in [3.05, 3.63) is 106 Å². The molecule has 0 aliphatic heterocycles. The fraction of sp³-hybridized carbons (Fsp3) is 0.143. The smallest absolute Gasteiger partial charge is 0.264 e. The molecule has 0 saturated carbocycles. The van der Waals surface area contributed by atoms with Crippen LogP contribution in [0.15, 0.2) is 88.9 Å². The van der Waals surface area contributed by atoms with Crippen molar-refractivity contribution < 1.29 is 17.9 Å². The standard InChI is InChI=1S/C28H26Cl2N4O4S/c1-19-14-21(20(2)34(19)24-9-7-8-22(29)15-24)17-31-32-28(35)18-33(26-16-23(30)12-13-27(26)38-3)39(36,37)25-10-5-4-6-11-25/h4-17H,18H2,1-3H3,(H,32,35)/b31-17-. The van der Waals surface area contributed by atoms with E-state index in [9.17, 15) is 13.2 Å². The number of hydrazone groups is 1. The van der Waals surface area contributed by atoms with Gasteiger partial charge in [0, 0.05) is 32.7 Å². The molecule has 0 unspecified atom stereocenters. The Morgan fingerprint density at radius 1 is 1.00 bits per heavy atom. The first-order valence-electron chi connectivity index (χ1n) is 11.8. The number of rotatable bonds is 9. The molecule has 4 aromatic rings. The second-order valence-corrected chi connectivity index (χ2v) is 11.3. The third-order valence-corrected chi connectivity index (χ3v) is 8.20. The number of carbonyl (C=O) groups is 1. The topological polar surface area (TPSA) is 93.0 Å². The van der Waals surface area contributed by atoms with Gasteiger partial charge in [-0.25, -0.2) is 13.8 Å². The predicted molar refractivity (Wildman–Crippen MR) is 155 cm³/mol. The zero-order valence-electron chi connectivity index (χ0n) is 21.4. The minimum Gasteiger partial charge on any atom is -0.495 e. The van der Waals surface area contributed by atoms with Gasteiger partial charge < -0.3 is 9.30 Å². The van der Waals surface area contributed by atoms with Crippen molar-refractivity contribution in [3.8, 4) is 11.4 Å². The zero-order valence-corrected chi connectivity index (χ0v) is 23.8. The molecule has 4 rings (SSSR count). The maximum Gasteiger partial charge on any atom is 0.264 e. The molecule has 0 aliphatic carbocycles. The summed E-state index contributed by atoms with van der Waals surface area (Å²) in [5.74, 6) is -0.417. The second kappa shape index (κ2) is 11.9. The Labute approximate surface area is 237 Å². The number of ether oxygens (including phenoxy) is 1. The van der Waals surface area contributed by atoms with Gasteiger partial charge in [-0.05, 0) is 68.4 Å². The van der Waals surface area contributed by atoms with Crippen LogP contribution in [0.5, 0.6) is 5.75 Å². The molecule has 1 amide bonds. The lowest BCUT2D eigenvalue weighted by Crippen LogP contribution is -2.39. The van der Waals surface area contributed by atoms with Crippen LogP contribution in [0.1, 0.15) is 17.0 Å². The van der Waals surface area contributed by atoms with E-state index < -0.39 is 22.5 Å². The molecule has 11 heteroatoms. The van der Waals surface area contributed by atoms with Crippen molar-refractivity contribution in [2.24, 2.45) is 5.10 Å². The van der Waals surface area contributed by atoms with Gasteiger partial charge in [0.15, 0.2) is 0 Å². The van der Waals surface area contributed by atoms with Crippen molar-refractivity contribution in [1.82, 2.24) is 9.99 Å². The summed E-state index contributed by atoms with van der Waals surface area (Å²) in [6, 6.07) is 21.7. The van der Waals surface area contributed by atoms with Gasteiger partial charge in [0.1, 0.15) is 12.3 Å². The van der Waals surface area contributed by atoms with Gasteiger partial charge in [-0.2, -0.15) is 5.10 Å². The van der Waals surface area contributed by atoms with Crippen LogP contribution < -0.4 is 14.5 Å². The number of hydrogen-bond acceptors (Lipinski definition) is 5. The van der Waals surface area contributed by atoms with E-state index in [4.69, 9.17) is 27.9 Å². The quantitative estimate of drug-likeness (QED) is 0.200. The Bertz CT molecular complexity index is 1640. The molecule has 1 N–H and O–H groups in total. The zero-order chi connectivity index (χ0) is 28.2. The van der Waals surface area contributed by atoms with Gasteiger partial charge in [-0.1, -0.05) is 47.5 Å². The van der Waals surface area contributed by atoms with Crippen molar-refractivity contribution in [1.29, 1.82) is 0 Å². The Morgan fingerprint density at radius 3 is 2.41 bits per heavy atom. The number of aromatic nitrogens is 1. The van der Waals surface area contributed by atoms with E-state index in [1.165, 1.54) is 37.6 Å². The Kier molecular flexibility index (Phi) is 8.64. The monoisotopic (exact) mass is 584 g/mol. The summed E-state index contributed by atoms with van der Waals surface area (Å²) in [5, 5.41) is 4.99. The van der Waals surface area contributed by atoms with Crippen LogP contribution in [-0.2, 0) is 14.8 Å². The average molecular weight is 586 g/mol. The molecule has 3 aromatic carbocycles. The molecule has 0 bridgehead atoms. The van der Waals surface area contributed by atoms with Gasteiger partial charge in [0.25, 0.3) is 15.9 Å². The van der Waals surface area contributed by atoms with E-state index in [0.29, 0.717) is 5.02 Å². The summed E-state index contributed by atoms with van der Waals surface area (Å²) in [6.07, 6.45) is 1.51. The minimum atomic E-state index is -4.15. The number of halogens is 2. The molecule has 0 atom stereocenters. The van der Waals surface area contributed by atoms with Crippen molar-refractivity contribution in [2.75, 3.05) is 18.0 Å². The minimum absolute atomic E-state index is 0.0109. The van der Waals surface area contributed by atoms with Crippen LogP contribution in [0, 0.1) is 13.8 Å². The molecule has 8 nitrogen and oxygen atoms in total. The fourth-order valence-corrected chi connectivity index (χ4v) is 5.94. The predicted octanol–water partition coefficient (Wildman–Crippen LogP) is 5.76. The highest BCUT2D eigenvalue weighted by Crippen LogP contribution is 2.34. The summed E-state index contributed by atoms with van der Waals surface area (Å²) in [7, 11) is -2.74. The highest BCUT2D eigenvalue weighted by molar-refractivity contribution is 7.92. The maximum atomic E-state index is 13.6. The number of aryl methyl sites for hydroxylation is 1. The summed E-state index contributed by atoms with van der Waals surface area (Å²) >= 11 is 12.3. The fourth-order valence-electron chi connectivity index (χ4n) is 4.15. The lowest BCUT2D eigenvalue weighted by atomic mass is 10.2. The van der Waals surface area contributed by atoms with Crippen molar-refractivity contribution in [3.63, 3.8) is 0 Å². The van der Waals surface area contributed by atoms with Crippen LogP contribution in [0.4, 0.5) is 5.69 Å². The van der Waals surface area contributed by atoms with E-state index in [-0.39, 0.29) is 21.4 Å². The number of nitrogens with zero attached hydrogens (tertiary/aromatic N) is 3. The van der Waals surface area contributed by atoms with Gasteiger partial charge in [-0.3, -0.25) is 9.10 Å². The molecule has 1 aromatic heterocycles. The summed E-state index contributed by atoms with van der Waals surface area (Å²) in [4.78, 5) is 13.0. The third-order valence-electron chi connectivity index (χ3n) is 5.96. The maximum absolute atomic E-state index is 13.6. The lowest BCUT2D eigenvalue weighted by molar-refractivity contribution is -0.119. The van der Waals surface area contributed by atoms with Gasteiger partial charge >= 0.3 is 0 Å². The van der Waals surface area contributed by atoms with Crippen molar-refractivity contribution in [2.45, 2.75) is 18.7 Å². The van der Waals surface area contributed by atoms with E-state index in [0.717, 1.165) is 26.9 Å². The Morgan fingerprint density at radius 2 is 1.72 bits per heavy atom. The van der Waals surface area contributed by atoms with Gasteiger partial charge in [-0.15, -0.1) is 0 Å². The number of carbonyl (C=O) groups excluding carboxylic acids is 1. The second-order valence-electron chi connectivity index (χ2n) is 8.58. The summed E-state index contributed by atoms with van der Waals surface area (Å²) in [6.45, 7) is 3.32. The largest absolute Gasteiger partial charge is 0.495 e. The molecular weight excluding hydrogens is 559 g/mol. The molecule has 1 heterocycles. The van der Waals surface area contributed by atoms with E-state index in [1.807, 2.05) is 42.7 Å². The van der Waals surface area contributed by atoms with Gasteiger partial charge in [0.2, 0.25) is 0 Å². The number of benzene rings is 3. The Balaban J connectivity index is 1.60.